The van der Waals surface area contributed by atoms with Gasteiger partial charge >= 0.3 is 0 Å². The van der Waals surface area contributed by atoms with Gasteiger partial charge in [-0.1, -0.05) is 0 Å². The first-order valence-corrected chi connectivity index (χ1v) is 6.07. The molecule has 1 aromatic heterocycles. The van der Waals surface area contributed by atoms with E-state index in [1.165, 1.54) is 0 Å². The van der Waals surface area contributed by atoms with Gasteiger partial charge in [0.2, 0.25) is 6.43 Å². The SMILES string of the molecule is O=C(N[C@H]1C[C@H]1C(F)F)c1[nH]nc2c1CCCN2. The number of aromatic nitrogens is 2. The van der Waals surface area contributed by atoms with Crippen molar-refractivity contribution in [1.82, 2.24) is 15.5 Å². The Bertz CT molecular complexity index is 474. The molecule has 18 heavy (non-hydrogen) atoms. The maximum Gasteiger partial charge on any atom is 0.269 e. The highest BCUT2D eigenvalue weighted by Crippen LogP contribution is 2.36. The van der Waals surface area contributed by atoms with Crippen LogP contribution in [0.4, 0.5) is 14.6 Å². The predicted octanol–water partition coefficient (Wildman–Crippen LogP) is 1.15. The van der Waals surface area contributed by atoms with Crippen molar-refractivity contribution in [3.8, 4) is 0 Å². The molecule has 2 heterocycles. The molecule has 3 rings (SSSR count). The molecule has 1 fully saturated rings. The summed E-state index contributed by atoms with van der Waals surface area (Å²) in [7, 11) is 0. The van der Waals surface area contributed by atoms with Gasteiger partial charge in [-0.05, 0) is 19.3 Å². The zero-order chi connectivity index (χ0) is 12.7. The van der Waals surface area contributed by atoms with E-state index in [-0.39, 0.29) is 5.91 Å². The summed E-state index contributed by atoms with van der Waals surface area (Å²) in [5, 5.41) is 12.4. The van der Waals surface area contributed by atoms with Gasteiger partial charge in [-0.3, -0.25) is 9.89 Å². The number of alkyl halides is 2. The Labute approximate surface area is 102 Å². The highest BCUT2D eigenvalue weighted by molar-refractivity contribution is 5.95. The number of H-pyrrole nitrogens is 1. The van der Waals surface area contributed by atoms with E-state index in [2.05, 4.69) is 20.8 Å². The molecule has 5 nitrogen and oxygen atoms in total. The van der Waals surface area contributed by atoms with E-state index in [1.807, 2.05) is 0 Å². The lowest BCUT2D eigenvalue weighted by molar-refractivity contribution is 0.0920. The zero-order valence-corrected chi connectivity index (χ0v) is 9.67. The number of nitrogens with zero attached hydrogens (tertiary/aromatic N) is 1. The van der Waals surface area contributed by atoms with Crippen LogP contribution in [0.25, 0.3) is 0 Å². The summed E-state index contributed by atoms with van der Waals surface area (Å²) >= 11 is 0. The van der Waals surface area contributed by atoms with Gasteiger partial charge in [0.1, 0.15) is 5.69 Å². The fourth-order valence-corrected chi connectivity index (χ4v) is 2.31. The average molecular weight is 256 g/mol. The fraction of sp³-hybridized carbons (Fsp3) is 0.636. The molecule has 98 valence electrons. The summed E-state index contributed by atoms with van der Waals surface area (Å²) in [5.74, 6) is -0.320. The molecule has 2 atom stereocenters. The van der Waals surface area contributed by atoms with E-state index < -0.39 is 18.4 Å². The van der Waals surface area contributed by atoms with Gasteiger partial charge in [-0.25, -0.2) is 8.78 Å². The smallest absolute Gasteiger partial charge is 0.269 e. The number of carbonyl (C=O) groups is 1. The van der Waals surface area contributed by atoms with Crippen LogP contribution >= 0.6 is 0 Å². The van der Waals surface area contributed by atoms with Gasteiger partial charge in [-0.2, -0.15) is 5.10 Å². The normalized spacial score (nSPS) is 25.5. The Morgan fingerprint density at radius 1 is 1.50 bits per heavy atom. The molecule has 2 aliphatic rings. The minimum atomic E-state index is -2.35. The Balaban J connectivity index is 1.68. The van der Waals surface area contributed by atoms with Crippen LogP contribution in [-0.2, 0) is 6.42 Å². The van der Waals surface area contributed by atoms with Crippen molar-refractivity contribution in [2.24, 2.45) is 5.92 Å². The van der Waals surface area contributed by atoms with Crippen molar-refractivity contribution in [2.75, 3.05) is 11.9 Å². The van der Waals surface area contributed by atoms with E-state index in [9.17, 15) is 13.6 Å². The third kappa shape index (κ3) is 1.93. The first-order chi connectivity index (χ1) is 8.66. The molecule has 1 saturated carbocycles. The summed E-state index contributed by atoms with van der Waals surface area (Å²) in [5.41, 5.74) is 1.25. The summed E-state index contributed by atoms with van der Waals surface area (Å²) in [6.45, 7) is 0.842. The Kier molecular flexibility index (Phi) is 2.68. The van der Waals surface area contributed by atoms with Gasteiger partial charge in [0, 0.05) is 24.1 Å². The number of rotatable bonds is 3. The first-order valence-electron chi connectivity index (χ1n) is 6.07. The molecule has 0 spiro atoms. The average Bonchev–Trinajstić information content (AvgIpc) is 2.99. The summed E-state index contributed by atoms with van der Waals surface area (Å²) < 4.78 is 24.7. The van der Waals surface area contributed by atoms with Crippen LogP contribution in [-0.4, -0.2) is 35.1 Å². The summed E-state index contributed by atoms with van der Waals surface area (Å²) in [6, 6.07) is -0.395. The fourth-order valence-electron chi connectivity index (χ4n) is 2.31. The molecule has 0 aromatic carbocycles. The molecule has 1 aliphatic carbocycles. The van der Waals surface area contributed by atoms with E-state index in [0.29, 0.717) is 17.9 Å². The summed E-state index contributed by atoms with van der Waals surface area (Å²) in [4.78, 5) is 11.9. The number of fused-ring (bicyclic) bond motifs is 1. The number of aromatic amines is 1. The lowest BCUT2D eigenvalue weighted by Crippen LogP contribution is -2.29. The van der Waals surface area contributed by atoms with Crippen LogP contribution < -0.4 is 10.6 Å². The number of amides is 1. The second-order valence-electron chi connectivity index (χ2n) is 4.77. The molecular formula is C11H14F2N4O. The van der Waals surface area contributed by atoms with Crippen molar-refractivity contribution in [3.05, 3.63) is 11.3 Å². The van der Waals surface area contributed by atoms with E-state index >= 15 is 0 Å². The molecular weight excluding hydrogens is 242 g/mol. The highest BCUT2D eigenvalue weighted by Gasteiger charge is 2.45. The molecule has 1 amide bonds. The number of hydrogen-bond donors (Lipinski definition) is 3. The minimum absolute atomic E-state index is 0.333. The van der Waals surface area contributed by atoms with Gasteiger partial charge in [0.15, 0.2) is 5.82 Å². The molecule has 7 heteroatoms. The van der Waals surface area contributed by atoms with Crippen molar-refractivity contribution in [3.63, 3.8) is 0 Å². The second kappa shape index (κ2) is 4.22. The Morgan fingerprint density at radius 2 is 2.33 bits per heavy atom. The van der Waals surface area contributed by atoms with Crippen molar-refractivity contribution >= 4 is 11.7 Å². The quantitative estimate of drug-likeness (QED) is 0.759. The highest BCUT2D eigenvalue weighted by atomic mass is 19.3. The molecule has 0 radical (unpaired) electrons. The maximum absolute atomic E-state index is 12.4. The maximum atomic E-state index is 12.4. The van der Waals surface area contributed by atoms with Gasteiger partial charge in [-0.15, -0.1) is 0 Å². The van der Waals surface area contributed by atoms with Crippen LogP contribution in [0.1, 0.15) is 28.9 Å². The largest absolute Gasteiger partial charge is 0.368 e. The molecule has 0 saturated heterocycles. The molecule has 1 aliphatic heterocycles. The van der Waals surface area contributed by atoms with Crippen LogP contribution in [0, 0.1) is 5.92 Å². The third-order valence-corrected chi connectivity index (χ3v) is 3.47. The number of nitrogens with one attached hydrogen (secondary N) is 3. The van der Waals surface area contributed by atoms with Crippen molar-refractivity contribution in [1.29, 1.82) is 0 Å². The molecule has 0 bridgehead atoms. The van der Waals surface area contributed by atoms with Crippen molar-refractivity contribution in [2.45, 2.75) is 31.7 Å². The second-order valence-corrected chi connectivity index (χ2v) is 4.77. The summed E-state index contributed by atoms with van der Waals surface area (Å²) in [6.07, 6.45) is -0.272. The van der Waals surface area contributed by atoms with Crippen LogP contribution in [0.15, 0.2) is 0 Å². The van der Waals surface area contributed by atoms with Crippen LogP contribution in [0.5, 0.6) is 0 Å². The van der Waals surface area contributed by atoms with E-state index in [4.69, 9.17) is 0 Å². The van der Waals surface area contributed by atoms with E-state index in [1.54, 1.807) is 0 Å². The van der Waals surface area contributed by atoms with Crippen LogP contribution in [0.3, 0.4) is 0 Å². The lowest BCUT2D eigenvalue weighted by atomic mass is 10.1. The van der Waals surface area contributed by atoms with Gasteiger partial charge in [0.05, 0.1) is 0 Å². The minimum Gasteiger partial charge on any atom is -0.368 e. The molecule has 3 N–H and O–H groups in total. The Hall–Kier alpha value is -1.66. The Morgan fingerprint density at radius 3 is 3.06 bits per heavy atom. The molecule has 0 unspecified atom stereocenters. The number of halogens is 2. The standard InChI is InChI=1S/C11H14F2N4O/c12-9(13)6-4-7(6)15-11(18)8-5-2-1-3-14-10(5)17-16-8/h6-7,9H,1-4H2,(H,15,18)(H2,14,16,17)/t6-,7+/m1/s1. The number of hydrogen-bond acceptors (Lipinski definition) is 3. The predicted molar refractivity (Wildman–Crippen MR) is 60.8 cm³/mol. The first kappa shape index (κ1) is 11.4. The topological polar surface area (TPSA) is 69.8 Å². The third-order valence-electron chi connectivity index (χ3n) is 3.47. The van der Waals surface area contributed by atoms with Gasteiger partial charge < -0.3 is 10.6 Å². The molecule has 1 aromatic rings. The van der Waals surface area contributed by atoms with Crippen LogP contribution in [0.2, 0.25) is 0 Å². The van der Waals surface area contributed by atoms with E-state index in [0.717, 1.165) is 24.9 Å². The number of anilines is 1. The monoisotopic (exact) mass is 256 g/mol. The number of carbonyl (C=O) groups excluding carboxylic acids is 1. The van der Waals surface area contributed by atoms with Crippen molar-refractivity contribution < 1.29 is 13.6 Å². The zero-order valence-electron chi connectivity index (χ0n) is 9.67. The van der Waals surface area contributed by atoms with Gasteiger partial charge in [0.25, 0.3) is 5.91 Å². The lowest BCUT2D eigenvalue weighted by Gasteiger charge is -2.12.